The van der Waals surface area contributed by atoms with Crippen molar-refractivity contribution in [3.63, 3.8) is 0 Å². The summed E-state index contributed by atoms with van der Waals surface area (Å²) in [4.78, 5) is 4.17. The first-order chi connectivity index (χ1) is 6.59. The van der Waals surface area contributed by atoms with Crippen molar-refractivity contribution >= 4 is 0 Å². The van der Waals surface area contributed by atoms with Crippen molar-refractivity contribution in [1.29, 1.82) is 0 Å². The number of rotatable bonds is 4. The number of pyridine rings is 1. The van der Waals surface area contributed by atoms with E-state index < -0.39 is 0 Å². The van der Waals surface area contributed by atoms with Crippen molar-refractivity contribution in [2.75, 3.05) is 6.61 Å². The Kier molecular flexibility index (Phi) is 3.89. The van der Waals surface area contributed by atoms with Crippen molar-refractivity contribution in [2.45, 2.75) is 26.8 Å². The van der Waals surface area contributed by atoms with Crippen LogP contribution in [0.4, 0.5) is 0 Å². The Bertz CT molecular complexity index is 267. The van der Waals surface area contributed by atoms with Crippen LogP contribution in [0.1, 0.15) is 32.4 Å². The van der Waals surface area contributed by atoms with Gasteiger partial charge in [-0.1, -0.05) is 19.9 Å². The van der Waals surface area contributed by atoms with Gasteiger partial charge in [0.1, 0.15) is 0 Å². The maximum atomic E-state index is 5.71. The third-order valence-electron chi connectivity index (χ3n) is 1.85. The second-order valence-electron chi connectivity index (χ2n) is 3.92. The molecule has 0 saturated heterocycles. The van der Waals surface area contributed by atoms with Crippen LogP contribution in [0, 0.1) is 5.92 Å². The monoisotopic (exact) mass is 194 g/mol. The van der Waals surface area contributed by atoms with E-state index in [1.807, 2.05) is 19.1 Å². The zero-order valence-electron chi connectivity index (χ0n) is 9.03. The lowest BCUT2D eigenvalue weighted by atomic mass is 10.2. The Morgan fingerprint density at radius 1 is 1.36 bits per heavy atom. The van der Waals surface area contributed by atoms with E-state index in [0.29, 0.717) is 18.4 Å². The van der Waals surface area contributed by atoms with Gasteiger partial charge in [-0.2, -0.15) is 0 Å². The first-order valence-electron chi connectivity index (χ1n) is 4.94. The van der Waals surface area contributed by atoms with E-state index >= 15 is 0 Å². The van der Waals surface area contributed by atoms with Crippen LogP contribution < -0.4 is 10.5 Å². The molecule has 0 bridgehead atoms. The molecule has 1 atom stereocenters. The van der Waals surface area contributed by atoms with Gasteiger partial charge in [0.05, 0.1) is 6.61 Å². The van der Waals surface area contributed by atoms with Gasteiger partial charge in [0.25, 0.3) is 0 Å². The molecule has 1 heterocycles. The molecule has 0 radical (unpaired) electrons. The molecule has 3 heteroatoms. The molecule has 3 nitrogen and oxygen atoms in total. The minimum Gasteiger partial charge on any atom is -0.477 e. The molecule has 2 N–H and O–H groups in total. The van der Waals surface area contributed by atoms with E-state index in [4.69, 9.17) is 10.5 Å². The number of hydrogen-bond acceptors (Lipinski definition) is 3. The lowest BCUT2D eigenvalue weighted by Crippen LogP contribution is -2.07. The molecule has 0 spiro atoms. The van der Waals surface area contributed by atoms with Gasteiger partial charge in [0.15, 0.2) is 0 Å². The predicted octanol–water partition coefficient (Wildman–Crippen LogP) is 2.14. The first-order valence-corrected chi connectivity index (χ1v) is 4.94. The number of ether oxygens (including phenoxy) is 1. The normalized spacial score (nSPS) is 12.9. The molecule has 14 heavy (non-hydrogen) atoms. The summed E-state index contributed by atoms with van der Waals surface area (Å²) < 4.78 is 5.45. The fourth-order valence-corrected chi connectivity index (χ4v) is 0.999. The Morgan fingerprint density at radius 3 is 2.50 bits per heavy atom. The quantitative estimate of drug-likeness (QED) is 0.798. The standard InChI is InChI=1S/C11H18N2O/c1-8(2)7-14-11-5-4-10(6-13-11)9(3)12/h4-6,8-9H,7,12H2,1-3H3/t9-/m0/s1. The molecule has 0 saturated carbocycles. The summed E-state index contributed by atoms with van der Waals surface area (Å²) in [6.45, 7) is 6.85. The lowest BCUT2D eigenvalue weighted by Gasteiger charge is -2.09. The summed E-state index contributed by atoms with van der Waals surface area (Å²) in [7, 11) is 0. The SMILES string of the molecule is CC(C)COc1ccc([C@H](C)N)cn1. The minimum absolute atomic E-state index is 0.0293. The summed E-state index contributed by atoms with van der Waals surface area (Å²) in [5.41, 5.74) is 6.73. The smallest absolute Gasteiger partial charge is 0.213 e. The third-order valence-corrected chi connectivity index (χ3v) is 1.85. The van der Waals surface area contributed by atoms with Crippen LogP contribution in [-0.4, -0.2) is 11.6 Å². The van der Waals surface area contributed by atoms with Gasteiger partial charge < -0.3 is 10.5 Å². The van der Waals surface area contributed by atoms with Crippen LogP contribution >= 0.6 is 0 Å². The number of nitrogens with two attached hydrogens (primary N) is 1. The van der Waals surface area contributed by atoms with Crippen molar-refractivity contribution in [2.24, 2.45) is 11.7 Å². The molecular formula is C11H18N2O. The molecule has 1 aromatic rings. The highest BCUT2D eigenvalue weighted by Crippen LogP contribution is 2.12. The topological polar surface area (TPSA) is 48.1 Å². The minimum atomic E-state index is 0.0293. The summed E-state index contributed by atoms with van der Waals surface area (Å²) in [6.07, 6.45) is 1.76. The zero-order valence-corrected chi connectivity index (χ0v) is 9.03. The molecule has 0 aromatic carbocycles. The maximum Gasteiger partial charge on any atom is 0.213 e. The summed E-state index contributed by atoms with van der Waals surface area (Å²) >= 11 is 0. The Hall–Kier alpha value is -1.09. The molecule has 1 rings (SSSR count). The molecule has 0 aliphatic rings. The zero-order chi connectivity index (χ0) is 10.6. The number of aromatic nitrogens is 1. The van der Waals surface area contributed by atoms with Gasteiger partial charge >= 0.3 is 0 Å². The maximum absolute atomic E-state index is 5.71. The van der Waals surface area contributed by atoms with Crippen LogP contribution in [0.15, 0.2) is 18.3 Å². The van der Waals surface area contributed by atoms with Crippen molar-refractivity contribution in [1.82, 2.24) is 4.98 Å². The molecule has 0 unspecified atom stereocenters. The second kappa shape index (κ2) is 4.96. The average Bonchev–Trinajstić information content (AvgIpc) is 2.15. The highest BCUT2D eigenvalue weighted by molar-refractivity contribution is 5.19. The molecule has 78 valence electrons. The molecular weight excluding hydrogens is 176 g/mol. The lowest BCUT2D eigenvalue weighted by molar-refractivity contribution is 0.261. The highest BCUT2D eigenvalue weighted by atomic mass is 16.5. The van der Waals surface area contributed by atoms with E-state index in [9.17, 15) is 0 Å². The molecule has 0 amide bonds. The Morgan fingerprint density at radius 2 is 2.07 bits per heavy atom. The number of hydrogen-bond donors (Lipinski definition) is 1. The van der Waals surface area contributed by atoms with Gasteiger partial charge in [0.2, 0.25) is 5.88 Å². The highest BCUT2D eigenvalue weighted by Gasteiger charge is 2.01. The summed E-state index contributed by atoms with van der Waals surface area (Å²) in [5, 5.41) is 0. The molecule has 0 aliphatic carbocycles. The van der Waals surface area contributed by atoms with Crippen molar-refractivity contribution < 1.29 is 4.74 Å². The van der Waals surface area contributed by atoms with E-state index in [-0.39, 0.29) is 6.04 Å². The summed E-state index contributed by atoms with van der Waals surface area (Å²) in [6, 6.07) is 3.84. The number of nitrogens with zero attached hydrogens (tertiary/aromatic N) is 1. The van der Waals surface area contributed by atoms with E-state index in [0.717, 1.165) is 5.56 Å². The van der Waals surface area contributed by atoms with Crippen LogP contribution in [-0.2, 0) is 0 Å². The Labute approximate surface area is 85.3 Å². The van der Waals surface area contributed by atoms with Gasteiger partial charge in [-0.05, 0) is 18.4 Å². The van der Waals surface area contributed by atoms with E-state index in [1.54, 1.807) is 6.20 Å². The molecule has 1 aromatic heterocycles. The van der Waals surface area contributed by atoms with Gasteiger partial charge in [0, 0.05) is 18.3 Å². The average molecular weight is 194 g/mol. The van der Waals surface area contributed by atoms with Crippen LogP contribution in [0.3, 0.4) is 0 Å². The Balaban J connectivity index is 2.55. The van der Waals surface area contributed by atoms with Gasteiger partial charge in [-0.15, -0.1) is 0 Å². The van der Waals surface area contributed by atoms with Crippen molar-refractivity contribution in [3.8, 4) is 5.88 Å². The van der Waals surface area contributed by atoms with E-state index in [2.05, 4.69) is 18.8 Å². The van der Waals surface area contributed by atoms with Gasteiger partial charge in [-0.25, -0.2) is 4.98 Å². The van der Waals surface area contributed by atoms with Crippen LogP contribution in [0.25, 0.3) is 0 Å². The third kappa shape index (κ3) is 3.34. The fourth-order valence-electron chi connectivity index (χ4n) is 0.999. The largest absolute Gasteiger partial charge is 0.477 e. The first kappa shape index (κ1) is 11.0. The second-order valence-corrected chi connectivity index (χ2v) is 3.92. The van der Waals surface area contributed by atoms with Crippen molar-refractivity contribution in [3.05, 3.63) is 23.9 Å². The predicted molar refractivity (Wildman–Crippen MR) is 57.2 cm³/mol. The van der Waals surface area contributed by atoms with Crippen LogP contribution in [0.2, 0.25) is 0 Å². The molecule has 0 fully saturated rings. The summed E-state index contributed by atoms with van der Waals surface area (Å²) in [5.74, 6) is 1.19. The fraction of sp³-hybridized carbons (Fsp3) is 0.545. The van der Waals surface area contributed by atoms with Gasteiger partial charge in [-0.3, -0.25) is 0 Å². The van der Waals surface area contributed by atoms with E-state index in [1.165, 1.54) is 0 Å². The molecule has 0 aliphatic heterocycles. The van der Waals surface area contributed by atoms with Crippen LogP contribution in [0.5, 0.6) is 5.88 Å².